The molecule has 0 radical (unpaired) electrons. The van der Waals surface area contributed by atoms with Crippen LogP contribution in [0.2, 0.25) is 0 Å². The third-order valence-electron chi connectivity index (χ3n) is 7.59. The molecule has 10 heteroatoms. The minimum atomic E-state index is -0.503. The molecule has 1 aliphatic carbocycles. The van der Waals surface area contributed by atoms with Crippen molar-refractivity contribution < 1.29 is 23.9 Å². The minimum Gasteiger partial charge on any atom is -0.465 e. The van der Waals surface area contributed by atoms with Crippen molar-refractivity contribution in [2.75, 3.05) is 17.7 Å². The number of esters is 1. The molecule has 0 spiro atoms. The third-order valence-corrected chi connectivity index (χ3v) is 9.89. The second-order valence-corrected chi connectivity index (χ2v) is 13.4. The number of thiophene rings is 1. The van der Waals surface area contributed by atoms with Gasteiger partial charge in [-0.15, -0.1) is 23.1 Å². The Hall–Kier alpha value is -4.67. The summed E-state index contributed by atoms with van der Waals surface area (Å²) in [4.78, 5) is 54.3. The summed E-state index contributed by atoms with van der Waals surface area (Å²) in [5.41, 5.74) is 4.23. The molecule has 1 unspecified atom stereocenters. The number of nitrogens with one attached hydrogen (secondary N) is 3. The fourth-order valence-corrected chi connectivity index (χ4v) is 7.34. The molecule has 0 fully saturated rings. The summed E-state index contributed by atoms with van der Waals surface area (Å²) >= 11 is 2.78. The van der Waals surface area contributed by atoms with E-state index in [0.29, 0.717) is 21.8 Å². The molecule has 0 saturated carbocycles. The van der Waals surface area contributed by atoms with E-state index in [1.807, 2.05) is 43.3 Å². The lowest BCUT2D eigenvalue weighted by Crippen LogP contribution is -2.30. The molecule has 3 N–H and O–H groups in total. The number of aryl methyl sites for hydroxylation is 2. The molecular weight excluding hydrogens is 619 g/mol. The summed E-state index contributed by atoms with van der Waals surface area (Å²) in [6, 6.07) is 23.5. The van der Waals surface area contributed by atoms with Gasteiger partial charge in [0.05, 0.1) is 17.9 Å². The molecule has 1 aliphatic rings. The molecule has 4 aromatic rings. The SMILES string of the molecule is COC(=O)c1c(NC(=O)C(C)Sc2cccc(NC(=O)/C(=C/c3ccccc3C)NC(=O)c3ccccc3)c2)sc2c1CCCC2. The lowest BCUT2D eigenvalue weighted by molar-refractivity contribution is -0.115. The van der Waals surface area contributed by atoms with Gasteiger partial charge in [-0.25, -0.2) is 4.79 Å². The minimum absolute atomic E-state index is 0.0917. The van der Waals surface area contributed by atoms with Crippen LogP contribution >= 0.6 is 23.1 Å². The van der Waals surface area contributed by atoms with Gasteiger partial charge in [-0.3, -0.25) is 14.4 Å². The number of fused-ring (bicyclic) bond motifs is 1. The monoisotopic (exact) mass is 653 g/mol. The van der Waals surface area contributed by atoms with Crippen LogP contribution in [0.1, 0.15) is 62.0 Å². The first-order valence-corrected chi connectivity index (χ1v) is 16.7. The molecule has 46 heavy (non-hydrogen) atoms. The Balaban J connectivity index is 1.30. The van der Waals surface area contributed by atoms with Gasteiger partial charge in [0.1, 0.15) is 10.7 Å². The Labute approximate surface area is 276 Å². The number of benzene rings is 3. The number of carbonyl (C=O) groups is 4. The maximum absolute atomic E-state index is 13.5. The van der Waals surface area contributed by atoms with Gasteiger partial charge in [-0.05, 0) is 92.6 Å². The predicted molar refractivity (Wildman–Crippen MR) is 184 cm³/mol. The predicted octanol–water partition coefficient (Wildman–Crippen LogP) is 7.25. The molecule has 1 heterocycles. The van der Waals surface area contributed by atoms with Crippen LogP contribution in [0, 0.1) is 6.92 Å². The zero-order chi connectivity index (χ0) is 32.6. The smallest absolute Gasteiger partial charge is 0.341 e. The zero-order valence-corrected chi connectivity index (χ0v) is 27.5. The topological polar surface area (TPSA) is 114 Å². The number of hydrogen-bond acceptors (Lipinski definition) is 7. The summed E-state index contributed by atoms with van der Waals surface area (Å²) < 4.78 is 5.03. The van der Waals surface area contributed by atoms with Crippen LogP contribution < -0.4 is 16.0 Å². The Morgan fingerprint density at radius 2 is 1.65 bits per heavy atom. The first-order chi connectivity index (χ1) is 22.2. The molecule has 8 nitrogen and oxygen atoms in total. The van der Waals surface area contributed by atoms with E-state index in [1.54, 1.807) is 55.5 Å². The second kappa shape index (κ2) is 15.1. The first-order valence-electron chi connectivity index (χ1n) is 15.0. The van der Waals surface area contributed by atoms with Crippen molar-refractivity contribution in [1.29, 1.82) is 0 Å². The standard InChI is InChI=1S/C36H35N3O5S2/c1-22-12-7-8-15-25(22)20-29(38-33(41)24-13-5-4-6-14-24)34(42)37-26-16-11-17-27(21-26)45-23(2)32(40)39-35-31(36(43)44-3)28-18-9-10-19-30(28)46-35/h4-8,11-17,20-21,23H,9-10,18-19H2,1-3H3,(H,37,42)(H,38,41)(H,39,40)/b29-20-. The number of ether oxygens (including phenoxy) is 1. The molecule has 0 saturated heterocycles. The molecule has 0 aliphatic heterocycles. The largest absolute Gasteiger partial charge is 0.465 e. The molecular formula is C36H35N3O5S2. The molecule has 3 amide bonds. The summed E-state index contributed by atoms with van der Waals surface area (Å²) in [5, 5.41) is 8.65. The van der Waals surface area contributed by atoms with Crippen LogP contribution in [0.5, 0.6) is 0 Å². The van der Waals surface area contributed by atoms with E-state index in [4.69, 9.17) is 4.74 Å². The summed E-state index contributed by atoms with van der Waals surface area (Å²) in [6.45, 7) is 3.72. The number of thioether (sulfide) groups is 1. The van der Waals surface area contributed by atoms with E-state index in [1.165, 1.54) is 30.2 Å². The van der Waals surface area contributed by atoms with E-state index >= 15 is 0 Å². The first kappa shape index (κ1) is 32.7. The summed E-state index contributed by atoms with van der Waals surface area (Å²) in [7, 11) is 1.35. The highest BCUT2D eigenvalue weighted by molar-refractivity contribution is 8.00. The van der Waals surface area contributed by atoms with Crippen LogP contribution in [0.15, 0.2) is 89.5 Å². The van der Waals surface area contributed by atoms with Gasteiger partial charge in [0, 0.05) is 21.0 Å². The van der Waals surface area contributed by atoms with Gasteiger partial charge < -0.3 is 20.7 Å². The number of amides is 3. The highest BCUT2D eigenvalue weighted by Crippen LogP contribution is 2.39. The van der Waals surface area contributed by atoms with Gasteiger partial charge >= 0.3 is 5.97 Å². The average Bonchev–Trinajstić information content (AvgIpc) is 3.43. The number of rotatable bonds is 10. The average molecular weight is 654 g/mol. The lowest BCUT2D eigenvalue weighted by atomic mass is 9.95. The highest BCUT2D eigenvalue weighted by Gasteiger charge is 2.28. The molecule has 1 atom stereocenters. The van der Waals surface area contributed by atoms with Gasteiger partial charge in [0.15, 0.2) is 0 Å². The van der Waals surface area contributed by atoms with Crippen LogP contribution in [0.25, 0.3) is 6.08 Å². The van der Waals surface area contributed by atoms with Crippen LogP contribution in [-0.4, -0.2) is 36.1 Å². The number of methoxy groups -OCH3 is 1. The molecule has 236 valence electrons. The van der Waals surface area contributed by atoms with Crippen molar-refractivity contribution in [2.45, 2.75) is 49.7 Å². The zero-order valence-electron chi connectivity index (χ0n) is 25.8. The Morgan fingerprint density at radius 1 is 0.913 bits per heavy atom. The van der Waals surface area contributed by atoms with E-state index in [0.717, 1.165) is 52.1 Å². The van der Waals surface area contributed by atoms with E-state index in [2.05, 4.69) is 16.0 Å². The Kier molecular flexibility index (Phi) is 10.7. The van der Waals surface area contributed by atoms with Crippen LogP contribution in [0.3, 0.4) is 0 Å². The maximum Gasteiger partial charge on any atom is 0.341 e. The van der Waals surface area contributed by atoms with E-state index in [-0.39, 0.29) is 11.6 Å². The van der Waals surface area contributed by atoms with E-state index in [9.17, 15) is 19.2 Å². The second-order valence-electron chi connectivity index (χ2n) is 10.9. The van der Waals surface area contributed by atoms with E-state index < -0.39 is 23.0 Å². The number of carbonyl (C=O) groups excluding carboxylic acids is 4. The van der Waals surface area contributed by atoms with Crippen molar-refractivity contribution in [3.05, 3.63) is 117 Å². The van der Waals surface area contributed by atoms with Gasteiger partial charge in [-0.1, -0.05) is 48.5 Å². The summed E-state index contributed by atoms with van der Waals surface area (Å²) in [5.74, 6) is -1.57. The van der Waals surface area contributed by atoms with Crippen molar-refractivity contribution >= 4 is 63.6 Å². The molecule has 1 aromatic heterocycles. The number of hydrogen-bond donors (Lipinski definition) is 3. The van der Waals surface area contributed by atoms with Crippen molar-refractivity contribution in [2.24, 2.45) is 0 Å². The van der Waals surface area contributed by atoms with Gasteiger partial charge in [0.2, 0.25) is 5.91 Å². The maximum atomic E-state index is 13.5. The fourth-order valence-electron chi connectivity index (χ4n) is 5.14. The van der Waals surface area contributed by atoms with Crippen molar-refractivity contribution in [3.8, 4) is 0 Å². The normalized spacial score (nSPS) is 13.2. The highest BCUT2D eigenvalue weighted by atomic mass is 32.2. The number of anilines is 2. The lowest BCUT2D eigenvalue weighted by Gasteiger charge is -2.14. The Morgan fingerprint density at radius 3 is 2.41 bits per heavy atom. The molecule has 0 bridgehead atoms. The summed E-state index contributed by atoms with van der Waals surface area (Å²) in [6.07, 6.45) is 5.40. The van der Waals surface area contributed by atoms with Crippen molar-refractivity contribution in [1.82, 2.24) is 5.32 Å². The fraction of sp³-hybridized carbons (Fsp3) is 0.222. The van der Waals surface area contributed by atoms with Crippen LogP contribution in [-0.2, 0) is 27.2 Å². The molecule has 5 rings (SSSR count). The third kappa shape index (κ3) is 7.94. The quantitative estimate of drug-likeness (QED) is 0.0944. The van der Waals surface area contributed by atoms with Gasteiger partial charge in [-0.2, -0.15) is 0 Å². The van der Waals surface area contributed by atoms with Gasteiger partial charge in [0.25, 0.3) is 11.8 Å². The Bertz CT molecular complexity index is 1800. The van der Waals surface area contributed by atoms with Crippen LogP contribution in [0.4, 0.5) is 10.7 Å². The van der Waals surface area contributed by atoms with Crippen molar-refractivity contribution in [3.63, 3.8) is 0 Å². The molecule has 3 aromatic carbocycles.